The van der Waals surface area contributed by atoms with Crippen LogP contribution in [0.1, 0.15) is 29.3 Å². The average molecular weight is 477 g/mol. The van der Waals surface area contributed by atoms with Crippen molar-refractivity contribution in [3.8, 4) is 23.6 Å². The third kappa shape index (κ3) is 4.84. The number of pyridine rings is 1. The molecule has 0 saturated carbocycles. The number of aromatic nitrogens is 1. The van der Waals surface area contributed by atoms with Crippen LogP contribution in [0.15, 0.2) is 48.5 Å². The van der Waals surface area contributed by atoms with Crippen molar-refractivity contribution in [3.63, 3.8) is 0 Å². The van der Waals surface area contributed by atoms with Gasteiger partial charge in [-0.05, 0) is 36.8 Å². The van der Waals surface area contributed by atoms with E-state index in [0.717, 1.165) is 22.9 Å². The highest BCUT2D eigenvalue weighted by molar-refractivity contribution is 6.35. The summed E-state index contributed by atoms with van der Waals surface area (Å²) >= 11 is 6.53. The number of benzene rings is 2. The van der Waals surface area contributed by atoms with Crippen LogP contribution < -0.4 is 5.73 Å². The quantitative estimate of drug-likeness (QED) is 0.572. The summed E-state index contributed by atoms with van der Waals surface area (Å²) in [6.45, 7) is 3.14. The third-order valence-electron chi connectivity index (χ3n) is 5.70. The van der Waals surface area contributed by atoms with Gasteiger partial charge in [0, 0.05) is 35.2 Å². The minimum absolute atomic E-state index is 0.184. The van der Waals surface area contributed by atoms with E-state index in [9.17, 15) is 9.59 Å². The van der Waals surface area contributed by atoms with Crippen LogP contribution in [0.25, 0.3) is 22.2 Å². The Hall–Kier alpha value is -3.60. The molecular formula is C26H25ClN4O3. The molecule has 0 radical (unpaired) electrons. The molecule has 1 atom stereocenters. The number of amides is 2. The number of nitrogens with two attached hydrogens (primary N) is 1. The topological polar surface area (TPSA) is 88.8 Å². The molecule has 1 aromatic heterocycles. The third-order valence-corrected chi connectivity index (χ3v) is 6.01. The summed E-state index contributed by atoms with van der Waals surface area (Å²) in [5, 5.41) is 1.28. The van der Waals surface area contributed by atoms with Crippen LogP contribution >= 0.6 is 11.6 Å². The minimum atomic E-state index is -0.634. The number of hydrogen-bond acceptors (Lipinski definition) is 5. The van der Waals surface area contributed by atoms with Gasteiger partial charge in [0.1, 0.15) is 6.17 Å². The number of halogens is 1. The van der Waals surface area contributed by atoms with Crippen molar-refractivity contribution in [2.24, 2.45) is 5.73 Å². The second-order valence-electron chi connectivity index (χ2n) is 8.07. The Morgan fingerprint density at radius 3 is 2.79 bits per heavy atom. The minimum Gasteiger partial charge on any atom is -0.449 e. The van der Waals surface area contributed by atoms with Gasteiger partial charge in [-0.25, -0.2) is 9.78 Å². The molecule has 0 spiro atoms. The van der Waals surface area contributed by atoms with Gasteiger partial charge in [-0.3, -0.25) is 9.69 Å². The molecule has 2 heterocycles. The number of piperazine rings is 1. The van der Waals surface area contributed by atoms with Gasteiger partial charge in [0.25, 0.3) is 5.91 Å². The number of ether oxygens (including phenoxy) is 1. The van der Waals surface area contributed by atoms with Crippen LogP contribution in [-0.2, 0) is 4.74 Å². The first-order valence-corrected chi connectivity index (χ1v) is 11.4. The summed E-state index contributed by atoms with van der Waals surface area (Å²) in [4.78, 5) is 33.2. The van der Waals surface area contributed by atoms with E-state index in [-0.39, 0.29) is 12.5 Å². The molecule has 3 aromatic rings. The van der Waals surface area contributed by atoms with Crippen LogP contribution in [0.4, 0.5) is 4.79 Å². The van der Waals surface area contributed by atoms with E-state index in [1.807, 2.05) is 31.2 Å². The lowest BCUT2D eigenvalue weighted by atomic mass is 10.1. The Morgan fingerprint density at radius 2 is 2.06 bits per heavy atom. The van der Waals surface area contributed by atoms with Gasteiger partial charge < -0.3 is 15.4 Å². The zero-order chi connectivity index (χ0) is 24.2. The zero-order valence-electron chi connectivity index (χ0n) is 18.8. The number of carbonyl (C=O) groups is 2. The highest BCUT2D eigenvalue weighted by Gasteiger charge is 2.31. The lowest BCUT2D eigenvalue weighted by molar-refractivity contribution is 0.0390. The van der Waals surface area contributed by atoms with E-state index in [0.29, 0.717) is 41.5 Å². The lowest BCUT2D eigenvalue weighted by Crippen LogP contribution is -2.60. The summed E-state index contributed by atoms with van der Waals surface area (Å²) in [5.41, 5.74) is 9.49. The van der Waals surface area contributed by atoms with Crippen molar-refractivity contribution < 1.29 is 14.3 Å². The number of carbonyl (C=O) groups excluding carboxylic acids is 2. The predicted molar refractivity (Wildman–Crippen MR) is 132 cm³/mol. The van der Waals surface area contributed by atoms with Gasteiger partial charge >= 0.3 is 6.09 Å². The maximum absolute atomic E-state index is 13.2. The summed E-state index contributed by atoms with van der Waals surface area (Å²) in [5.74, 6) is 2.44. The highest BCUT2D eigenvalue weighted by Crippen LogP contribution is 2.29. The molecule has 0 unspecified atom stereocenters. The van der Waals surface area contributed by atoms with Gasteiger partial charge in [-0.2, -0.15) is 0 Å². The molecule has 8 heteroatoms. The smallest absolute Gasteiger partial charge is 0.411 e. The van der Waals surface area contributed by atoms with Crippen molar-refractivity contribution in [1.29, 1.82) is 0 Å². The molecule has 0 bridgehead atoms. The second kappa shape index (κ2) is 10.1. The predicted octanol–water partition coefficient (Wildman–Crippen LogP) is 4.13. The second-order valence-corrected chi connectivity index (χ2v) is 8.48. The summed E-state index contributed by atoms with van der Waals surface area (Å²) in [7, 11) is 0. The summed E-state index contributed by atoms with van der Waals surface area (Å²) in [6.07, 6.45) is 5.17. The van der Waals surface area contributed by atoms with Crippen LogP contribution in [0.3, 0.4) is 0 Å². The number of fused-ring (bicyclic) bond motifs is 1. The van der Waals surface area contributed by atoms with Crippen molar-refractivity contribution in [1.82, 2.24) is 14.8 Å². The van der Waals surface area contributed by atoms with Gasteiger partial charge in [-0.1, -0.05) is 42.6 Å². The fourth-order valence-electron chi connectivity index (χ4n) is 3.91. The maximum Gasteiger partial charge on any atom is 0.411 e. The Balaban J connectivity index is 1.57. The summed E-state index contributed by atoms with van der Waals surface area (Å²) in [6, 6.07) is 14.5. The van der Waals surface area contributed by atoms with E-state index < -0.39 is 12.3 Å². The lowest BCUT2D eigenvalue weighted by Gasteiger charge is -2.38. The molecule has 2 N–H and O–H groups in total. The van der Waals surface area contributed by atoms with E-state index in [1.165, 1.54) is 4.90 Å². The Labute approximate surface area is 203 Å². The van der Waals surface area contributed by atoms with Crippen molar-refractivity contribution >= 4 is 34.5 Å². The number of terminal acetylenes is 1. The van der Waals surface area contributed by atoms with Crippen LogP contribution in [0, 0.1) is 12.3 Å². The van der Waals surface area contributed by atoms with E-state index >= 15 is 0 Å². The van der Waals surface area contributed by atoms with Gasteiger partial charge in [0.15, 0.2) is 0 Å². The molecule has 1 saturated heterocycles. The molecule has 2 amide bonds. The fraction of sp³-hybridized carbons (Fsp3) is 0.269. The van der Waals surface area contributed by atoms with E-state index in [1.54, 1.807) is 29.2 Å². The molecule has 1 fully saturated rings. The van der Waals surface area contributed by atoms with Crippen molar-refractivity contribution in [3.05, 3.63) is 64.7 Å². The standard InChI is InChI=1S/C26H25ClN4O3/c1-3-12-34-26(33)31-11-10-30(16-24(31)28)25(32)19-8-9-20-21(27)15-22(29-23(20)14-19)18-7-5-6-17(4-2)13-18/h2,5-9,13-15,24H,3,10-12,16,28H2,1H3/t24-/m0/s1. The average Bonchev–Trinajstić information content (AvgIpc) is 2.86. The van der Waals surface area contributed by atoms with Crippen LogP contribution in [-0.4, -0.2) is 59.2 Å². The molecule has 7 nitrogen and oxygen atoms in total. The Morgan fingerprint density at radius 1 is 1.24 bits per heavy atom. The Kier molecular flexibility index (Phi) is 7.01. The first-order valence-electron chi connectivity index (χ1n) is 11.1. The van der Waals surface area contributed by atoms with Crippen LogP contribution in [0.5, 0.6) is 0 Å². The highest BCUT2D eigenvalue weighted by atomic mass is 35.5. The first kappa shape index (κ1) is 23.6. The molecule has 0 aliphatic carbocycles. The first-order chi connectivity index (χ1) is 16.4. The largest absolute Gasteiger partial charge is 0.449 e. The molecule has 1 aliphatic rings. The van der Waals surface area contributed by atoms with Gasteiger partial charge in [-0.15, -0.1) is 6.42 Å². The maximum atomic E-state index is 13.2. The normalized spacial score (nSPS) is 15.8. The van der Waals surface area contributed by atoms with Crippen LogP contribution in [0.2, 0.25) is 5.02 Å². The summed E-state index contributed by atoms with van der Waals surface area (Å²) < 4.78 is 5.17. The molecule has 34 heavy (non-hydrogen) atoms. The van der Waals surface area contributed by atoms with Crippen molar-refractivity contribution in [2.45, 2.75) is 19.5 Å². The van der Waals surface area contributed by atoms with Gasteiger partial charge in [0.2, 0.25) is 0 Å². The van der Waals surface area contributed by atoms with E-state index in [2.05, 4.69) is 5.92 Å². The molecule has 4 rings (SSSR count). The molecule has 1 aliphatic heterocycles. The fourth-order valence-corrected chi connectivity index (χ4v) is 4.17. The number of nitrogens with zero attached hydrogens (tertiary/aromatic N) is 3. The number of hydrogen-bond donors (Lipinski definition) is 1. The zero-order valence-corrected chi connectivity index (χ0v) is 19.6. The number of rotatable bonds is 4. The molecule has 174 valence electrons. The SMILES string of the molecule is C#Cc1cccc(-c2cc(Cl)c3ccc(C(=O)N4CCN(C(=O)OCCC)[C@H](N)C4)cc3n2)c1. The monoisotopic (exact) mass is 476 g/mol. The van der Waals surface area contributed by atoms with Gasteiger partial charge in [0.05, 0.1) is 29.4 Å². The van der Waals surface area contributed by atoms with E-state index in [4.69, 9.17) is 33.5 Å². The van der Waals surface area contributed by atoms with Crippen molar-refractivity contribution in [2.75, 3.05) is 26.2 Å². The molecular weight excluding hydrogens is 452 g/mol. The molecule has 2 aromatic carbocycles. The Bertz CT molecular complexity index is 1290.